The van der Waals surface area contributed by atoms with Gasteiger partial charge in [-0.3, -0.25) is 9.59 Å². The fourth-order valence-corrected chi connectivity index (χ4v) is 3.28. The molecule has 5 nitrogen and oxygen atoms in total. The van der Waals surface area contributed by atoms with E-state index in [0.29, 0.717) is 30.6 Å². The monoisotopic (exact) mass is 378 g/mol. The zero-order valence-corrected chi connectivity index (χ0v) is 16.2. The Hall–Kier alpha value is -2.82. The average molecular weight is 378 g/mol. The summed E-state index contributed by atoms with van der Waals surface area (Å²) < 4.78 is 5.18. The van der Waals surface area contributed by atoms with Crippen LogP contribution in [-0.2, 0) is 17.8 Å². The van der Waals surface area contributed by atoms with Gasteiger partial charge in [0.25, 0.3) is 5.91 Å². The molecule has 0 radical (unpaired) electrons. The van der Waals surface area contributed by atoms with E-state index in [1.54, 1.807) is 7.11 Å². The molecule has 0 heterocycles. The quantitative estimate of drug-likeness (QED) is 0.767. The third-order valence-corrected chi connectivity index (χ3v) is 5.30. The number of benzene rings is 2. The lowest BCUT2D eigenvalue weighted by molar-refractivity contribution is -0.131. The van der Waals surface area contributed by atoms with Crippen LogP contribution < -0.4 is 10.1 Å². The number of hydrogen-bond acceptors (Lipinski definition) is 3. The highest BCUT2D eigenvalue weighted by atomic mass is 16.5. The number of hydrogen-bond donors (Lipinski definition) is 1. The van der Waals surface area contributed by atoms with E-state index in [4.69, 9.17) is 4.74 Å². The standard InChI is InChI=1S/C23H26N2O3/c1-28-21-12-4-16(5-13-21)14-22(26)25(20-10-11-20)15-17-2-6-18(7-3-17)23(27)24-19-8-9-19/h2-7,12-13,19-20H,8-11,14-15H2,1H3,(H,24,27). The number of rotatable bonds is 8. The fraction of sp³-hybridized carbons (Fsp3) is 0.391. The summed E-state index contributed by atoms with van der Waals surface area (Å²) in [7, 11) is 1.63. The largest absolute Gasteiger partial charge is 0.497 e. The first kappa shape index (κ1) is 18.5. The molecule has 0 bridgehead atoms. The third-order valence-electron chi connectivity index (χ3n) is 5.30. The predicted octanol–water partition coefficient (Wildman–Crippen LogP) is 3.32. The van der Waals surface area contributed by atoms with Crippen molar-refractivity contribution in [1.82, 2.24) is 10.2 Å². The van der Waals surface area contributed by atoms with Crippen LogP contribution in [0.1, 0.15) is 47.2 Å². The summed E-state index contributed by atoms with van der Waals surface area (Å²) in [5.41, 5.74) is 2.72. The molecule has 4 rings (SSSR count). The molecule has 0 saturated heterocycles. The molecule has 2 amide bonds. The van der Waals surface area contributed by atoms with Crippen molar-refractivity contribution in [3.8, 4) is 5.75 Å². The molecule has 0 unspecified atom stereocenters. The normalized spacial score (nSPS) is 15.8. The first-order valence-corrected chi connectivity index (χ1v) is 9.94. The first-order valence-electron chi connectivity index (χ1n) is 9.94. The molecule has 5 heteroatoms. The maximum atomic E-state index is 12.9. The SMILES string of the molecule is COc1ccc(CC(=O)N(Cc2ccc(C(=O)NC3CC3)cc2)C2CC2)cc1. The summed E-state index contributed by atoms with van der Waals surface area (Å²) in [4.78, 5) is 27.0. The van der Waals surface area contributed by atoms with Crippen LogP contribution in [0.25, 0.3) is 0 Å². The Morgan fingerprint density at radius 3 is 2.18 bits per heavy atom. The number of carbonyl (C=O) groups is 2. The van der Waals surface area contributed by atoms with Gasteiger partial charge in [-0.05, 0) is 61.1 Å². The average Bonchev–Trinajstić information content (AvgIpc) is 3.62. The molecule has 2 saturated carbocycles. The van der Waals surface area contributed by atoms with E-state index >= 15 is 0 Å². The number of methoxy groups -OCH3 is 1. The summed E-state index contributed by atoms with van der Waals surface area (Å²) in [5, 5.41) is 3.00. The van der Waals surface area contributed by atoms with Crippen LogP contribution in [0.2, 0.25) is 0 Å². The number of nitrogens with zero attached hydrogens (tertiary/aromatic N) is 1. The van der Waals surface area contributed by atoms with Crippen molar-refractivity contribution < 1.29 is 14.3 Å². The molecule has 0 aliphatic heterocycles. The van der Waals surface area contributed by atoms with Crippen LogP contribution in [-0.4, -0.2) is 35.9 Å². The number of nitrogens with one attached hydrogen (secondary N) is 1. The molecule has 1 N–H and O–H groups in total. The second-order valence-electron chi connectivity index (χ2n) is 7.72. The molecule has 2 aliphatic rings. The Morgan fingerprint density at radius 1 is 0.964 bits per heavy atom. The van der Waals surface area contributed by atoms with Crippen molar-refractivity contribution in [3.05, 3.63) is 65.2 Å². The lowest BCUT2D eigenvalue weighted by atomic mass is 10.1. The molecule has 2 aromatic carbocycles. The Bertz CT molecular complexity index is 837. The highest BCUT2D eigenvalue weighted by Crippen LogP contribution is 2.29. The van der Waals surface area contributed by atoms with Gasteiger partial charge >= 0.3 is 0 Å². The van der Waals surface area contributed by atoms with E-state index < -0.39 is 0 Å². The van der Waals surface area contributed by atoms with E-state index in [2.05, 4.69) is 5.32 Å². The van der Waals surface area contributed by atoms with Crippen molar-refractivity contribution in [1.29, 1.82) is 0 Å². The van der Waals surface area contributed by atoms with Crippen molar-refractivity contribution in [3.63, 3.8) is 0 Å². The lowest BCUT2D eigenvalue weighted by Gasteiger charge is -2.23. The zero-order chi connectivity index (χ0) is 19.5. The van der Waals surface area contributed by atoms with E-state index in [1.165, 1.54) is 0 Å². The van der Waals surface area contributed by atoms with Crippen LogP contribution in [0, 0.1) is 0 Å². The highest BCUT2D eigenvalue weighted by Gasteiger charge is 2.32. The van der Waals surface area contributed by atoms with Crippen molar-refractivity contribution in [2.45, 2.75) is 50.7 Å². The van der Waals surface area contributed by atoms with E-state index in [1.807, 2.05) is 53.4 Å². The third kappa shape index (κ3) is 4.71. The molecule has 2 aromatic rings. The fourth-order valence-electron chi connectivity index (χ4n) is 3.28. The van der Waals surface area contributed by atoms with Gasteiger partial charge in [0.05, 0.1) is 13.5 Å². The van der Waals surface area contributed by atoms with Gasteiger partial charge in [-0.1, -0.05) is 24.3 Å². The summed E-state index contributed by atoms with van der Waals surface area (Å²) in [6.45, 7) is 0.587. The molecular weight excluding hydrogens is 352 g/mol. The molecule has 28 heavy (non-hydrogen) atoms. The van der Waals surface area contributed by atoms with Gasteiger partial charge < -0.3 is 15.0 Å². The maximum absolute atomic E-state index is 12.9. The minimum atomic E-state index is -0.0105. The zero-order valence-electron chi connectivity index (χ0n) is 16.2. The number of carbonyl (C=O) groups excluding carboxylic acids is 2. The first-order chi connectivity index (χ1) is 13.6. The smallest absolute Gasteiger partial charge is 0.251 e. The summed E-state index contributed by atoms with van der Waals surface area (Å²) in [5.74, 6) is 0.924. The minimum absolute atomic E-state index is 0.0105. The van der Waals surface area contributed by atoms with Gasteiger partial charge in [0.2, 0.25) is 5.91 Å². The predicted molar refractivity (Wildman–Crippen MR) is 107 cm³/mol. The van der Waals surface area contributed by atoms with Crippen LogP contribution in [0.15, 0.2) is 48.5 Å². The topological polar surface area (TPSA) is 58.6 Å². The number of amides is 2. The highest BCUT2D eigenvalue weighted by molar-refractivity contribution is 5.94. The van der Waals surface area contributed by atoms with Gasteiger partial charge in [0.1, 0.15) is 5.75 Å². The van der Waals surface area contributed by atoms with Crippen LogP contribution in [0.5, 0.6) is 5.75 Å². The van der Waals surface area contributed by atoms with Crippen LogP contribution in [0.4, 0.5) is 0 Å². The van der Waals surface area contributed by atoms with Gasteiger partial charge in [-0.15, -0.1) is 0 Å². The van der Waals surface area contributed by atoms with Gasteiger partial charge in [-0.25, -0.2) is 0 Å². The van der Waals surface area contributed by atoms with Crippen molar-refractivity contribution in [2.75, 3.05) is 7.11 Å². The Morgan fingerprint density at radius 2 is 1.61 bits per heavy atom. The van der Waals surface area contributed by atoms with Gasteiger partial charge in [0.15, 0.2) is 0 Å². The summed E-state index contributed by atoms with van der Waals surface area (Å²) >= 11 is 0. The van der Waals surface area contributed by atoms with Crippen LogP contribution >= 0.6 is 0 Å². The summed E-state index contributed by atoms with van der Waals surface area (Å²) in [6, 6.07) is 16.0. The van der Waals surface area contributed by atoms with Gasteiger partial charge in [0, 0.05) is 24.2 Å². The van der Waals surface area contributed by atoms with E-state index in [0.717, 1.165) is 42.6 Å². The molecule has 2 aliphatic carbocycles. The second-order valence-corrected chi connectivity index (χ2v) is 7.72. The summed E-state index contributed by atoms with van der Waals surface area (Å²) in [6.07, 6.45) is 4.68. The number of ether oxygens (including phenoxy) is 1. The molecular formula is C23H26N2O3. The van der Waals surface area contributed by atoms with Crippen molar-refractivity contribution in [2.24, 2.45) is 0 Å². The minimum Gasteiger partial charge on any atom is -0.497 e. The Kier molecular flexibility index (Phi) is 5.33. The lowest BCUT2D eigenvalue weighted by Crippen LogP contribution is -2.33. The Labute approximate surface area is 165 Å². The van der Waals surface area contributed by atoms with E-state index in [-0.39, 0.29) is 11.8 Å². The van der Waals surface area contributed by atoms with Crippen molar-refractivity contribution >= 4 is 11.8 Å². The molecule has 0 atom stereocenters. The molecule has 0 spiro atoms. The van der Waals surface area contributed by atoms with E-state index in [9.17, 15) is 9.59 Å². The maximum Gasteiger partial charge on any atom is 0.251 e. The Balaban J connectivity index is 1.38. The molecule has 2 fully saturated rings. The molecule has 146 valence electrons. The van der Waals surface area contributed by atoms with Gasteiger partial charge in [-0.2, -0.15) is 0 Å². The molecule has 0 aromatic heterocycles. The second kappa shape index (κ2) is 8.05. The van der Waals surface area contributed by atoms with Crippen LogP contribution in [0.3, 0.4) is 0 Å².